The van der Waals surface area contributed by atoms with Crippen molar-refractivity contribution in [3.05, 3.63) is 35.9 Å². The maximum absolute atomic E-state index is 6.16. The summed E-state index contributed by atoms with van der Waals surface area (Å²) < 4.78 is 6.16. The molecular weight excluding hydrogens is 250 g/mol. The Hall–Kier alpha value is -0.643. The lowest BCUT2D eigenvalue weighted by molar-refractivity contribution is 0.114. The molecule has 0 saturated carbocycles. The quantitative estimate of drug-likeness (QED) is 0.611. The van der Waals surface area contributed by atoms with Gasteiger partial charge in [0.25, 0.3) is 0 Å². The van der Waals surface area contributed by atoms with E-state index in [1.807, 2.05) is 0 Å². The van der Waals surface area contributed by atoms with Gasteiger partial charge in [0.15, 0.2) is 0 Å². The Bertz CT molecular complexity index is 381. The van der Waals surface area contributed by atoms with Crippen LogP contribution in [0.4, 0.5) is 0 Å². The largest absolute Gasteiger partial charge is 0.345 e. The minimum Gasteiger partial charge on any atom is -0.345 e. The van der Waals surface area contributed by atoms with Gasteiger partial charge in [-0.15, -0.1) is 0 Å². The van der Waals surface area contributed by atoms with Gasteiger partial charge in [0, 0.05) is 0 Å². The lowest BCUT2D eigenvalue weighted by atomic mass is 9.97. The summed E-state index contributed by atoms with van der Waals surface area (Å²) in [5.41, 5.74) is 4.63. The topological polar surface area (TPSA) is 21.3 Å². The molecule has 0 unspecified atom stereocenters. The van der Waals surface area contributed by atoms with Gasteiger partial charge in [0.1, 0.15) is 0 Å². The maximum Gasteiger partial charge on any atom is 0.219 e. The first-order valence-electron chi connectivity index (χ1n) is 7.13. The summed E-state index contributed by atoms with van der Waals surface area (Å²) in [6.45, 7) is 15.7. The first-order chi connectivity index (χ1) is 8.65. The van der Waals surface area contributed by atoms with Gasteiger partial charge in [-0.2, -0.15) is 0 Å². The van der Waals surface area contributed by atoms with E-state index < -0.39 is 8.32 Å². The molecule has 0 aliphatic carbocycles. The molecule has 0 radical (unpaired) electrons. The average Bonchev–Trinajstić information content (AvgIpc) is 2.28. The van der Waals surface area contributed by atoms with Gasteiger partial charge >= 0.3 is 0 Å². The fraction of sp³-hybridized carbons (Fsp3) is 0.625. The van der Waals surface area contributed by atoms with Crippen molar-refractivity contribution >= 4 is 8.32 Å². The second kappa shape index (κ2) is 6.20. The molecule has 19 heavy (non-hydrogen) atoms. The highest BCUT2D eigenvalue weighted by Crippen LogP contribution is 2.36. The minimum atomic E-state index is -1.76. The summed E-state index contributed by atoms with van der Waals surface area (Å²) in [7, 11) is -1.76. The van der Waals surface area contributed by atoms with Crippen LogP contribution in [0.2, 0.25) is 18.1 Å². The predicted octanol–water partition coefficient (Wildman–Crippen LogP) is 4.91. The number of hydroxylamine groups is 1. The molecule has 0 saturated heterocycles. The van der Waals surface area contributed by atoms with Crippen LogP contribution < -0.4 is 5.48 Å². The van der Waals surface area contributed by atoms with E-state index in [1.165, 1.54) is 5.56 Å². The molecule has 1 aromatic carbocycles. The van der Waals surface area contributed by atoms with E-state index in [0.29, 0.717) is 5.92 Å². The van der Waals surface area contributed by atoms with Crippen molar-refractivity contribution in [1.82, 2.24) is 5.48 Å². The summed E-state index contributed by atoms with van der Waals surface area (Å²) in [6.07, 6.45) is 0. The van der Waals surface area contributed by atoms with E-state index in [9.17, 15) is 0 Å². The van der Waals surface area contributed by atoms with E-state index in [0.717, 1.165) is 0 Å². The minimum absolute atomic E-state index is 0.220. The van der Waals surface area contributed by atoms with E-state index in [1.54, 1.807) is 0 Å². The molecule has 0 bridgehead atoms. The van der Waals surface area contributed by atoms with Gasteiger partial charge in [-0.1, -0.05) is 65.0 Å². The van der Waals surface area contributed by atoms with Gasteiger partial charge in [-0.3, -0.25) is 0 Å². The van der Waals surface area contributed by atoms with Gasteiger partial charge in [-0.25, -0.2) is 5.48 Å². The van der Waals surface area contributed by atoms with Crippen molar-refractivity contribution < 1.29 is 4.53 Å². The zero-order valence-electron chi connectivity index (χ0n) is 13.4. The molecule has 0 aromatic heterocycles. The van der Waals surface area contributed by atoms with Crippen molar-refractivity contribution in [1.29, 1.82) is 0 Å². The maximum atomic E-state index is 6.16. The fourth-order valence-corrected chi connectivity index (χ4v) is 2.34. The Morgan fingerprint density at radius 3 is 2.00 bits per heavy atom. The van der Waals surface area contributed by atoms with E-state index in [2.05, 4.69) is 83.5 Å². The molecule has 1 N–H and O–H groups in total. The zero-order valence-corrected chi connectivity index (χ0v) is 14.4. The fourth-order valence-electron chi connectivity index (χ4n) is 1.61. The third-order valence-electron chi connectivity index (χ3n) is 4.07. The predicted molar refractivity (Wildman–Crippen MR) is 85.4 cm³/mol. The van der Waals surface area contributed by atoms with Gasteiger partial charge in [0.05, 0.1) is 6.04 Å². The normalized spacial score (nSPS) is 14.7. The van der Waals surface area contributed by atoms with Crippen molar-refractivity contribution in [2.24, 2.45) is 5.92 Å². The second-order valence-corrected chi connectivity index (χ2v) is 11.8. The smallest absolute Gasteiger partial charge is 0.219 e. The van der Waals surface area contributed by atoms with Crippen LogP contribution in [0.25, 0.3) is 0 Å². The Kier molecular flexibility index (Phi) is 5.36. The van der Waals surface area contributed by atoms with Crippen LogP contribution in [0, 0.1) is 5.92 Å². The van der Waals surface area contributed by atoms with E-state index in [-0.39, 0.29) is 11.1 Å². The van der Waals surface area contributed by atoms with Crippen molar-refractivity contribution in [2.75, 3.05) is 0 Å². The number of hydrogen-bond acceptors (Lipinski definition) is 2. The number of benzene rings is 1. The van der Waals surface area contributed by atoms with Crippen LogP contribution in [0.1, 0.15) is 46.2 Å². The average molecular weight is 279 g/mol. The van der Waals surface area contributed by atoms with E-state index >= 15 is 0 Å². The highest BCUT2D eigenvalue weighted by molar-refractivity contribution is 6.74. The van der Waals surface area contributed by atoms with Crippen LogP contribution in [-0.4, -0.2) is 8.32 Å². The molecule has 0 aliphatic rings. The summed E-state index contributed by atoms with van der Waals surface area (Å²) >= 11 is 0. The second-order valence-electron chi connectivity index (χ2n) is 7.11. The molecule has 3 heteroatoms. The molecule has 0 spiro atoms. The van der Waals surface area contributed by atoms with Crippen molar-refractivity contribution in [2.45, 2.75) is 58.8 Å². The lowest BCUT2D eigenvalue weighted by Crippen LogP contribution is -2.46. The third kappa shape index (κ3) is 4.44. The first kappa shape index (κ1) is 16.4. The highest BCUT2D eigenvalue weighted by atomic mass is 28.4. The molecular formula is C16H29NOSi. The van der Waals surface area contributed by atoms with Crippen molar-refractivity contribution in [3.8, 4) is 0 Å². The van der Waals surface area contributed by atoms with Gasteiger partial charge in [-0.05, 0) is 29.6 Å². The molecule has 0 heterocycles. The van der Waals surface area contributed by atoms with Crippen LogP contribution >= 0.6 is 0 Å². The van der Waals surface area contributed by atoms with E-state index in [4.69, 9.17) is 4.53 Å². The monoisotopic (exact) mass is 279 g/mol. The number of rotatable bonds is 5. The van der Waals surface area contributed by atoms with Crippen LogP contribution in [0.5, 0.6) is 0 Å². The number of hydrogen-bond donors (Lipinski definition) is 1. The molecule has 1 rings (SSSR count). The van der Waals surface area contributed by atoms with Crippen LogP contribution in [0.15, 0.2) is 30.3 Å². The Labute approximate surface area is 119 Å². The molecule has 0 aliphatic heterocycles. The molecule has 1 aromatic rings. The lowest BCUT2D eigenvalue weighted by Gasteiger charge is -2.37. The van der Waals surface area contributed by atoms with Crippen LogP contribution in [-0.2, 0) is 4.53 Å². The molecule has 2 nitrogen and oxygen atoms in total. The SMILES string of the molecule is CC(C)[C@@H](NO[Si](C)(C)C(C)(C)C)c1ccccc1. The Morgan fingerprint density at radius 1 is 1.05 bits per heavy atom. The zero-order chi connectivity index (χ0) is 14.7. The Balaban J connectivity index is 2.77. The number of nitrogens with one attached hydrogen (secondary N) is 1. The highest BCUT2D eigenvalue weighted by Gasteiger charge is 2.38. The van der Waals surface area contributed by atoms with Crippen LogP contribution in [0.3, 0.4) is 0 Å². The third-order valence-corrected chi connectivity index (χ3v) is 8.31. The van der Waals surface area contributed by atoms with Gasteiger partial charge in [0.2, 0.25) is 8.32 Å². The summed E-state index contributed by atoms with van der Waals surface area (Å²) in [6, 6.07) is 10.8. The first-order valence-corrected chi connectivity index (χ1v) is 10.0. The standard InChI is InChI=1S/C16H29NOSi/c1-13(2)15(14-11-9-8-10-12-14)17-18-19(6,7)16(3,4)5/h8-13,15,17H,1-7H3/t15-/m1/s1. The summed E-state index contributed by atoms with van der Waals surface area (Å²) in [5.74, 6) is 0.493. The molecule has 0 fully saturated rings. The van der Waals surface area contributed by atoms with Gasteiger partial charge < -0.3 is 4.53 Å². The molecule has 1 atom stereocenters. The summed E-state index contributed by atoms with van der Waals surface area (Å²) in [5, 5.41) is 0.220. The molecule has 108 valence electrons. The molecule has 0 amide bonds. The summed E-state index contributed by atoms with van der Waals surface area (Å²) in [4.78, 5) is 0. The Morgan fingerprint density at radius 2 is 1.58 bits per heavy atom. The van der Waals surface area contributed by atoms with Crippen molar-refractivity contribution in [3.63, 3.8) is 0 Å².